The van der Waals surface area contributed by atoms with Crippen molar-refractivity contribution in [3.05, 3.63) is 24.3 Å². The third-order valence-electron chi connectivity index (χ3n) is 2.59. The Labute approximate surface area is 106 Å². The van der Waals surface area contributed by atoms with Crippen LogP contribution in [0.15, 0.2) is 29.2 Å². The predicted octanol–water partition coefficient (Wildman–Crippen LogP) is 2.19. The van der Waals surface area contributed by atoms with E-state index >= 15 is 0 Å². The second-order valence-electron chi connectivity index (χ2n) is 3.90. The maximum absolute atomic E-state index is 11.2. The van der Waals surface area contributed by atoms with Crippen molar-refractivity contribution in [2.75, 3.05) is 19.4 Å². The van der Waals surface area contributed by atoms with Crippen LogP contribution in [0.3, 0.4) is 0 Å². The predicted molar refractivity (Wildman–Crippen MR) is 72.0 cm³/mol. The van der Waals surface area contributed by atoms with E-state index in [0.717, 1.165) is 23.6 Å². The molecule has 0 radical (unpaired) electrons. The lowest BCUT2D eigenvalue weighted by Crippen LogP contribution is -2.33. The summed E-state index contributed by atoms with van der Waals surface area (Å²) in [6.07, 6.45) is 2.72. The fraction of sp³-hybridized carbons (Fsp3) is 0.538. The minimum absolute atomic E-state index is 0.389. The number of hydrogen-bond acceptors (Lipinski definition) is 3. The lowest BCUT2D eigenvalue weighted by Gasteiger charge is -2.16. The number of benzene rings is 1. The molecule has 0 aliphatic heterocycles. The molecule has 17 heavy (non-hydrogen) atoms. The van der Waals surface area contributed by atoms with E-state index in [1.807, 2.05) is 24.3 Å². The first-order valence-electron chi connectivity index (χ1n) is 5.97. The van der Waals surface area contributed by atoms with Gasteiger partial charge in [-0.2, -0.15) is 0 Å². The molecule has 96 valence electrons. The Hall–Kier alpha value is -0.870. The molecule has 1 N–H and O–H groups in total. The number of likely N-dealkylation sites (N-methyl/N-ethyl adjacent to an activating group) is 1. The van der Waals surface area contributed by atoms with E-state index in [-0.39, 0.29) is 0 Å². The average molecular weight is 255 g/mol. The van der Waals surface area contributed by atoms with Crippen LogP contribution in [0.1, 0.15) is 20.3 Å². The second kappa shape index (κ2) is 7.45. The third-order valence-corrected chi connectivity index (χ3v) is 3.53. The van der Waals surface area contributed by atoms with Gasteiger partial charge in [0.2, 0.25) is 0 Å². The number of nitrogens with one attached hydrogen (secondary N) is 1. The van der Waals surface area contributed by atoms with Gasteiger partial charge in [0.1, 0.15) is 12.4 Å². The first-order chi connectivity index (χ1) is 8.17. The van der Waals surface area contributed by atoms with Gasteiger partial charge in [-0.15, -0.1) is 0 Å². The number of hydrogen-bond donors (Lipinski definition) is 1. The van der Waals surface area contributed by atoms with E-state index < -0.39 is 10.8 Å². The molecule has 0 bridgehead atoms. The summed E-state index contributed by atoms with van der Waals surface area (Å²) >= 11 is 0. The quantitative estimate of drug-likeness (QED) is 0.811. The fourth-order valence-corrected chi connectivity index (χ4v) is 2.05. The summed E-state index contributed by atoms with van der Waals surface area (Å²) in [5.74, 6) is 0.829. The van der Waals surface area contributed by atoms with Crippen molar-refractivity contribution in [2.24, 2.45) is 0 Å². The van der Waals surface area contributed by atoms with Crippen molar-refractivity contribution >= 4 is 10.8 Å². The van der Waals surface area contributed by atoms with Crippen LogP contribution in [0.5, 0.6) is 5.75 Å². The van der Waals surface area contributed by atoms with Gasteiger partial charge in [0, 0.05) is 28.0 Å². The summed E-state index contributed by atoms with van der Waals surface area (Å²) in [5, 5.41) is 3.36. The summed E-state index contributed by atoms with van der Waals surface area (Å²) < 4.78 is 16.9. The Morgan fingerprint density at radius 3 is 2.41 bits per heavy atom. The molecule has 0 amide bonds. The molecule has 0 spiro atoms. The fourth-order valence-electron chi connectivity index (χ4n) is 1.53. The number of rotatable bonds is 7. The molecule has 0 saturated heterocycles. The van der Waals surface area contributed by atoms with Gasteiger partial charge in [0.25, 0.3) is 0 Å². The van der Waals surface area contributed by atoms with E-state index in [9.17, 15) is 4.21 Å². The summed E-state index contributed by atoms with van der Waals surface area (Å²) in [6, 6.07) is 7.82. The van der Waals surface area contributed by atoms with E-state index in [2.05, 4.69) is 19.2 Å². The van der Waals surface area contributed by atoms with Crippen molar-refractivity contribution in [1.29, 1.82) is 0 Å². The summed E-state index contributed by atoms with van der Waals surface area (Å²) in [6.45, 7) is 5.85. The molecular formula is C13H21NO2S. The molecule has 0 aromatic heterocycles. The summed E-state index contributed by atoms with van der Waals surface area (Å²) in [7, 11) is -0.922. The molecule has 2 atom stereocenters. The van der Waals surface area contributed by atoms with E-state index in [0.29, 0.717) is 12.6 Å². The topological polar surface area (TPSA) is 38.3 Å². The summed E-state index contributed by atoms with van der Waals surface area (Å²) in [4.78, 5) is 0.830. The van der Waals surface area contributed by atoms with Crippen LogP contribution in [0.2, 0.25) is 0 Å². The van der Waals surface area contributed by atoms with Crippen molar-refractivity contribution in [3.8, 4) is 5.75 Å². The highest BCUT2D eigenvalue weighted by molar-refractivity contribution is 7.84. The molecule has 0 fully saturated rings. The Morgan fingerprint density at radius 1 is 1.29 bits per heavy atom. The monoisotopic (exact) mass is 255 g/mol. The molecule has 0 aliphatic carbocycles. The normalized spacial score (nSPS) is 14.3. The maximum Gasteiger partial charge on any atom is 0.119 e. The second-order valence-corrected chi connectivity index (χ2v) is 5.28. The van der Waals surface area contributed by atoms with Gasteiger partial charge < -0.3 is 10.1 Å². The van der Waals surface area contributed by atoms with Gasteiger partial charge in [-0.25, -0.2) is 0 Å². The molecule has 1 aromatic carbocycles. The Bertz CT molecular complexity index is 351. The zero-order valence-electron chi connectivity index (χ0n) is 10.7. The van der Waals surface area contributed by atoms with Crippen LogP contribution in [0.4, 0.5) is 0 Å². The molecule has 1 rings (SSSR count). The smallest absolute Gasteiger partial charge is 0.119 e. The molecule has 3 nitrogen and oxygen atoms in total. The van der Waals surface area contributed by atoms with E-state index in [1.165, 1.54) is 0 Å². The van der Waals surface area contributed by atoms with Gasteiger partial charge in [0.05, 0.1) is 0 Å². The first-order valence-corrected chi connectivity index (χ1v) is 7.52. The third kappa shape index (κ3) is 4.88. The van der Waals surface area contributed by atoms with Gasteiger partial charge >= 0.3 is 0 Å². The SMILES string of the molecule is CCN[C@@H](CC)COc1ccc(S(C)=O)cc1. The van der Waals surface area contributed by atoms with Crippen LogP contribution in [0.25, 0.3) is 0 Å². The Morgan fingerprint density at radius 2 is 1.94 bits per heavy atom. The zero-order chi connectivity index (χ0) is 12.7. The highest BCUT2D eigenvalue weighted by Gasteiger charge is 2.05. The Balaban J connectivity index is 2.48. The lowest BCUT2D eigenvalue weighted by molar-refractivity contribution is 0.262. The average Bonchev–Trinajstić information content (AvgIpc) is 2.35. The molecule has 0 heterocycles. The molecule has 4 heteroatoms. The largest absolute Gasteiger partial charge is 0.492 e. The van der Waals surface area contributed by atoms with Crippen molar-refractivity contribution in [3.63, 3.8) is 0 Å². The minimum atomic E-state index is -0.922. The number of ether oxygens (including phenoxy) is 1. The van der Waals surface area contributed by atoms with Crippen LogP contribution < -0.4 is 10.1 Å². The summed E-state index contributed by atoms with van der Waals surface area (Å²) in [5.41, 5.74) is 0. The van der Waals surface area contributed by atoms with E-state index in [4.69, 9.17) is 4.74 Å². The van der Waals surface area contributed by atoms with Crippen LogP contribution in [0, 0.1) is 0 Å². The van der Waals surface area contributed by atoms with Crippen molar-refractivity contribution in [1.82, 2.24) is 5.32 Å². The Kier molecular flexibility index (Phi) is 6.22. The lowest BCUT2D eigenvalue weighted by atomic mass is 10.2. The highest BCUT2D eigenvalue weighted by Crippen LogP contribution is 2.14. The standard InChI is InChI=1S/C13H21NO2S/c1-4-11(14-5-2)10-16-12-6-8-13(9-7-12)17(3)15/h6-9,11,14H,4-5,10H2,1-3H3/t11-,17?/m0/s1. The van der Waals surface area contributed by atoms with Gasteiger partial charge in [-0.05, 0) is 37.2 Å². The van der Waals surface area contributed by atoms with Gasteiger partial charge in [-0.3, -0.25) is 4.21 Å². The van der Waals surface area contributed by atoms with Gasteiger partial charge in [-0.1, -0.05) is 13.8 Å². The maximum atomic E-state index is 11.2. The molecule has 0 saturated carbocycles. The van der Waals surface area contributed by atoms with Crippen molar-refractivity contribution in [2.45, 2.75) is 31.2 Å². The molecule has 1 aromatic rings. The molecular weight excluding hydrogens is 234 g/mol. The van der Waals surface area contributed by atoms with Gasteiger partial charge in [0.15, 0.2) is 0 Å². The van der Waals surface area contributed by atoms with Crippen LogP contribution >= 0.6 is 0 Å². The minimum Gasteiger partial charge on any atom is -0.492 e. The highest BCUT2D eigenvalue weighted by atomic mass is 32.2. The van der Waals surface area contributed by atoms with Crippen LogP contribution in [-0.4, -0.2) is 29.7 Å². The van der Waals surface area contributed by atoms with Crippen LogP contribution in [-0.2, 0) is 10.8 Å². The molecule has 0 aliphatic rings. The zero-order valence-corrected chi connectivity index (χ0v) is 11.5. The van der Waals surface area contributed by atoms with Crippen molar-refractivity contribution < 1.29 is 8.95 Å². The first kappa shape index (κ1) is 14.2. The molecule has 1 unspecified atom stereocenters. The van der Waals surface area contributed by atoms with E-state index in [1.54, 1.807) is 6.26 Å².